The van der Waals surface area contributed by atoms with E-state index >= 15 is 0 Å². The molecule has 0 aromatic carbocycles. The third kappa shape index (κ3) is 8.78. The predicted octanol–water partition coefficient (Wildman–Crippen LogP) is 2.15. The molecule has 0 N–H and O–H groups in total. The highest BCUT2D eigenvalue weighted by Gasteiger charge is 2.40. The molecule has 0 unspecified atom stereocenters. The lowest BCUT2D eigenvalue weighted by Gasteiger charge is -2.46. The summed E-state index contributed by atoms with van der Waals surface area (Å²) in [5, 5.41) is 0. The Morgan fingerprint density at radius 1 is 0.500 bits per heavy atom. The lowest BCUT2D eigenvalue weighted by Crippen LogP contribution is -2.57. The van der Waals surface area contributed by atoms with E-state index in [1.54, 1.807) is 0 Å². The molecular weight excluding hydrogens is 442 g/mol. The van der Waals surface area contributed by atoms with E-state index in [-0.39, 0.29) is 7.43 Å². The molecule has 8 nitrogen and oxygen atoms in total. The van der Waals surface area contributed by atoms with E-state index in [4.69, 9.17) is 0 Å². The quantitative estimate of drug-likeness (QED) is 0.442. The van der Waals surface area contributed by atoms with Crippen LogP contribution in [0.3, 0.4) is 0 Å². The van der Waals surface area contributed by atoms with Gasteiger partial charge < -0.3 is 18.0 Å². The smallest absolute Gasteiger partial charge is 0.214 e. The van der Waals surface area contributed by atoms with Crippen molar-refractivity contribution in [2.75, 3.05) is 141 Å². The fraction of sp³-hybridized carbons (Fsp3) is 1.00. The van der Waals surface area contributed by atoms with Crippen molar-refractivity contribution < 1.29 is 22.6 Å². The molecule has 0 amide bonds. The average molecular weight is 498 g/mol. The Labute approximate surface area is 199 Å². The van der Waals surface area contributed by atoms with E-state index in [0.29, 0.717) is 0 Å². The van der Waals surface area contributed by atoms with Crippen molar-refractivity contribution in [3.05, 3.63) is 0 Å². The summed E-state index contributed by atoms with van der Waals surface area (Å²) in [4.78, 5) is 0. The molecule has 0 saturated carbocycles. The van der Waals surface area contributed by atoms with Crippen molar-refractivity contribution in [3.63, 3.8) is 0 Å². The number of hydrogen-bond acceptors (Lipinski definition) is 2. The van der Waals surface area contributed by atoms with E-state index in [0.717, 1.165) is 92.0 Å². The normalized spacial score (nSPS) is 27.0. The first-order chi connectivity index (χ1) is 13.9. The highest BCUT2D eigenvalue weighted by molar-refractivity contribution is 7.59. The SMILES string of the molecule is C.C[N+]1(C)CCN(P(C)(=O)N2CC[N+](C)(C)CC2)CC1.C[N+]1(C)CCN(P(C)(C)=O)CC1. The Hall–Kier alpha value is 0.220. The third-order valence-electron chi connectivity index (χ3n) is 7.51. The van der Waals surface area contributed by atoms with Crippen LogP contribution < -0.4 is 0 Å². The van der Waals surface area contributed by atoms with Gasteiger partial charge in [0.1, 0.15) is 7.29 Å². The summed E-state index contributed by atoms with van der Waals surface area (Å²) in [6, 6.07) is 0. The second-order valence-electron chi connectivity index (χ2n) is 12.1. The molecule has 0 aromatic rings. The standard InChI is InChI=1S/C13H31N4OP.C8H20N2OP.CH4/c1-16(2)10-6-14(7-11-16)19(5,18)15-8-12-17(3,4)13-9-15;1-10(2)7-5-9(6-8-10)12(3,4)11;/h6-13H2,1-5H3;5-8H2,1-4H3;1H4/q+2;+1;. The van der Waals surface area contributed by atoms with Crippen LogP contribution in [0.5, 0.6) is 0 Å². The topological polar surface area (TPSA) is 43.9 Å². The Kier molecular flexibility index (Phi) is 10.3. The molecular formula is C22H55N6O2P2+3. The van der Waals surface area contributed by atoms with Gasteiger partial charge in [-0.2, -0.15) is 0 Å². The lowest BCUT2D eigenvalue weighted by atomic mass is 10.3. The number of nitrogens with zero attached hydrogens (tertiary/aromatic N) is 6. The van der Waals surface area contributed by atoms with Crippen LogP contribution >= 0.6 is 14.7 Å². The Bertz CT molecular complexity index is 645. The van der Waals surface area contributed by atoms with Gasteiger partial charge in [-0.25, -0.2) is 14.0 Å². The van der Waals surface area contributed by atoms with Gasteiger partial charge in [-0.3, -0.25) is 4.57 Å². The summed E-state index contributed by atoms with van der Waals surface area (Å²) in [5.74, 6) is 0. The molecule has 0 aromatic heterocycles. The van der Waals surface area contributed by atoms with E-state index in [2.05, 4.69) is 56.3 Å². The largest absolute Gasteiger partial charge is 0.326 e. The van der Waals surface area contributed by atoms with Crippen LogP contribution in [-0.2, 0) is 9.13 Å². The second kappa shape index (κ2) is 10.9. The zero-order chi connectivity index (χ0) is 23.7. The molecule has 3 fully saturated rings. The average Bonchev–Trinajstić information content (AvgIpc) is 2.60. The van der Waals surface area contributed by atoms with E-state index in [1.807, 2.05) is 20.0 Å². The van der Waals surface area contributed by atoms with Crippen LogP contribution in [0.1, 0.15) is 7.43 Å². The molecule has 3 aliphatic rings. The Morgan fingerprint density at radius 2 is 0.719 bits per heavy atom. The summed E-state index contributed by atoms with van der Waals surface area (Å²) in [5.41, 5.74) is 0. The molecule has 0 radical (unpaired) electrons. The van der Waals surface area contributed by atoms with Gasteiger partial charge in [-0.05, 0) is 0 Å². The predicted molar refractivity (Wildman–Crippen MR) is 140 cm³/mol. The minimum Gasteiger partial charge on any atom is -0.326 e. The number of hydrogen-bond donors (Lipinski definition) is 0. The van der Waals surface area contributed by atoms with Gasteiger partial charge in [-0.1, -0.05) is 7.43 Å². The van der Waals surface area contributed by atoms with Gasteiger partial charge in [-0.15, -0.1) is 0 Å². The van der Waals surface area contributed by atoms with Crippen LogP contribution in [0.2, 0.25) is 0 Å². The van der Waals surface area contributed by atoms with E-state index < -0.39 is 14.7 Å². The van der Waals surface area contributed by atoms with Crippen molar-refractivity contribution in [2.24, 2.45) is 0 Å². The molecule has 3 saturated heterocycles. The maximum atomic E-state index is 13.2. The molecule has 0 bridgehead atoms. The van der Waals surface area contributed by atoms with Crippen LogP contribution in [0.15, 0.2) is 0 Å². The maximum Gasteiger partial charge on any atom is 0.214 e. The molecule has 0 spiro atoms. The number of rotatable bonds is 3. The van der Waals surface area contributed by atoms with Crippen molar-refractivity contribution in [3.8, 4) is 0 Å². The Balaban J connectivity index is 0.000000342. The minimum atomic E-state index is -2.31. The molecule has 3 aliphatic heterocycles. The molecule has 3 rings (SSSR count). The monoisotopic (exact) mass is 497 g/mol. The zero-order valence-electron chi connectivity index (χ0n) is 21.9. The summed E-state index contributed by atoms with van der Waals surface area (Å²) >= 11 is 0. The maximum absolute atomic E-state index is 13.2. The number of likely N-dealkylation sites (N-methyl/N-ethyl adjacent to an activating group) is 3. The summed E-state index contributed by atoms with van der Waals surface area (Å²) < 4.78 is 34.7. The van der Waals surface area contributed by atoms with E-state index in [1.165, 1.54) is 0 Å². The first-order valence-electron chi connectivity index (χ1n) is 11.8. The Morgan fingerprint density at radius 3 is 0.938 bits per heavy atom. The molecule has 3 heterocycles. The van der Waals surface area contributed by atoms with Gasteiger partial charge in [0.2, 0.25) is 7.44 Å². The van der Waals surface area contributed by atoms with Gasteiger partial charge >= 0.3 is 0 Å². The summed E-state index contributed by atoms with van der Waals surface area (Å²) in [6.07, 6.45) is 0. The highest BCUT2D eigenvalue weighted by Crippen LogP contribution is 2.50. The van der Waals surface area contributed by atoms with Gasteiger partial charge in [0, 0.05) is 20.0 Å². The van der Waals surface area contributed by atoms with Crippen molar-refractivity contribution in [1.29, 1.82) is 0 Å². The summed E-state index contributed by atoms with van der Waals surface area (Å²) in [6.45, 7) is 18.2. The summed E-state index contributed by atoms with van der Waals surface area (Å²) in [7, 11) is 9.23. The minimum absolute atomic E-state index is 0. The van der Waals surface area contributed by atoms with Crippen LogP contribution in [-0.4, -0.2) is 168 Å². The fourth-order valence-electron chi connectivity index (χ4n) is 4.39. The fourth-order valence-corrected chi connectivity index (χ4v) is 7.73. The van der Waals surface area contributed by atoms with Crippen molar-refractivity contribution in [1.82, 2.24) is 14.0 Å². The molecule has 32 heavy (non-hydrogen) atoms. The van der Waals surface area contributed by atoms with Gasteiger partial charge in [0.25, 0.3) is 0 Å². The van der Waals surface area contributed by atoms with Crippen LogP contribution in [0.4, 0.5) is 0 Å². The lowest BCUT2D eigenvalue weighted by molar-refractivity contribution is -0.894. The van der Waals surface area contributed by atoms with Gasteiger partial charge in [0.05, 0.1) is 121 Å². The van der Waals surface area contributed by atoms with E-state index in [9.17, 15) is 9.13 Å². The molecule has 192 valence electrons. The van der Waals surface area contributed by atoms with Crippen molar-refractivity contribution in [2.45, 2.75) is 7.43 Å². The zero-order valence-corrected chi connectivity index (χ0v) is 23.7. The molecule has 0 atom stereocenters. The second-order valence-corrected chi connectivity index (χ2v) is 18.1. The molecule has 10 heteroatoms. The molecule has 0 aliphatic carbocycles. The van der Waals surface area contributed by atoms with Gasteiger partial charge in [0.15, 0.2) is 0 Å². The van der Waals surface area contributed by atoms with Crippen LogP contribution in [0, 0.1) is 0 Å². The third-order valence-corrected chi connectivity index (χ3v) is 12.2. The highest BCUT2D eigenvalue weighted by atomic mass is 31.2. The first kappa shape index (κ1) is 30.3. The first-order valence-corrected chi connectivity index (χ1v) is 16.4. The number of piperazine rings is 3. The van der Waals surface area contributed by atoms with Crippen molar-refractivity contribution >= 4 is 14.7 Å². The number of quaternary nitrogens is 3. The van der Waals surface area contributed by atoms with Crippen LogP contribution in [0.25, 0.3) is 0 Å².